The lowest BCUT2D eigenvalue weighted by Crippen LogP contribution is -2.54. The number of fused-ring (bicyclic) bond motifs is 1. The number of amides is 2. The highest BCUT2D eigenvalue weighted by molar-refractivity contribution is 8.23. The minimum Gasteiger partial charge on any atom is -0.349 e. The van der Waals surface area contributed by atoms with E-state index in [0.717, 1.165) is 39.5 Å². The van der Waals surface area contributed by atoms with Crippen LogP contribution in [0.25, 0.3) is 10.8 Å². The second kappa shape index (κ2) is 8.04. The SMILES string of the molecule is CCCCN1C(=S)S[C@H](N(O)C(=O)Nc2cccc3ccccc23)C1(C)C. The van der Waals surface area contributed by atoms with Crippen molar-refractivity contribution >= 4 is 50.8 Å². The minimum absolute atomic E-state index is 0.457. The number of anilines is 1. The van der Waals surface area contributed by atoms with Crippen molar-refractivity contribution < 1.29 is 10.0 Å². The molecule has 1 heterocycles. The van der Waals surface area contributed by atoms with Crippen LogP contribution >= 0.6 is 24.0 Å². The normalized spacial score (nSPS) is 18.7. The topological polar surface area (TPSA) is 55.8 Å². The third-order valence-electron chi connectivity index (χ3n) is 4.93. The van der Waals surface area contributed by atoms with Crippen molar-refractivity contribution in [3.05, 3.63) is 42.5 Å². The number of thioether (sulfide) groups is 1. The predicted octanol–water partition coefficient (Wildman–Crippen LogP) is 5.30. The monoisotopic (exact) mass is 403 g/mol. The summed E-state index contributed by atoms with van der Waals surface area (Å²) in [5.74, 6) is 0. The van der Waals surface area contributed by atoms with Crippen LogP contribution in [0.2, 0.25) is 0 Å². The van der Waals surface area contributed by atoms with E-state index in [1.807, 2.05) is 56.3 Å². The fourth-order valence-corrected chi connectivity index (χ4v) is 5.19. The summed E-state index contributed by atoms with van der Waals surface area (Å²) in [6.45, 7) is 6.97. The summed E-state index contributed by atoms with van der Waals surface area (Å²) in [4.78, 5) is 14.9. The van der Waals surface area contributed by atoms with Gasteiger partial charge in [-0.3, -0.25) is 5.21 Å². The van der Waals surface area contributed by atoms with Crippen LogP contribution in [0.1, 0.15) is 33.6 Å². The average molecular weight is 404 g/mol. The Morgan fingerprint density at radius 2 is 2.00 bits per heavy atom. The largest absolute Gasteiger partial charge is 0.349 e. The van der Waals surface area contributed by atoms with Crippen molar-refractivity contribution in [2.75, 3.05) is 11.9 Å². The summed E-state index contributed by atoms with van der Waals surface area (Å²) in [5.41, 5.74) is 0.213. The molecule has 0 aromatic heterocycles. The number of carbonyl (C=O) groups is 1. The lowest BCUT2D eigenvalue weighted by Gasteiger charge is -2.38. The molecule has 2 aromatic rings. The molecule has 0 spiro atoms. The molecule has 0 aliphatic carbocycles. The number of hydrogen-bond donors (Lipinski definition) is 2. The molecule has 2 aromatic carbocycles. The van der Waals surface area contributed by atoms with Gasteiger partial charge in [0.05, 0.1) is 11.2 Å². The Morgan fingerprint density at radius 3 is 2.74 bits per heavy atom. The Balaban J connectivity index is 1.78. The van der Waals surface area contributed by atoms with Crippen LogP contribution in [-0.4, -0.2) is 43.0 Å². The molecule has 2 amide bonds. The van der Waals surface area contributed by atoms with Gasteiger partial charge in [0.25, 0.3) is 0 Å². The Labute approximate surface area is 169 Å². The summed E-state index contributed by atoms with van der Waals surface area (Å²) in [6.07, 6.45) is 2.08. The highest BCUT2D eigenvalue weighted by Gasteiger charge is 2.49. The van der Waals surface area contributed by atoms with Crippen LogP contribution in [0.15, 0.2) is 42.5 Å². The molecule has 2 N–H and O–H groups in total. The van der Waals surface area contributed by atoms with E-state index in [4.69, 9.17) is 12.2 Å². The van der Waals surface area contributed by atoms with Crippen LogP contribution in [0.3, 0.4) is 0 Å². The van der Waals surface area contributed by atoms with E-state index in [0.29, 0.717) is 5.69 Å². The molecule has 1 fully saturated rings. The third-order valence-corrected chi connectivity index (χ3v) is 6.86. The molecule has 7 heteroatoms. The van der Waals surface area contributed by atoms with Gasteiger partial charge in [-0.1, -0.05) is 73.7 Å². The van der Waals surface area contributed by atoms with Gasteiger partial charge < -0.3 is 10.2 Å². The summed E-state index contributed by atoms with van der Waals surface area (Å²) in [6, 6.07) is 13.0. The van der Waals surface area contributed by atoms with E-state index >= 15 is 0 Å². The molecular weight excluding hydrogens is 378 g/mol. The summed E-state index contributed by atoms with van der Waals surface area (Å²) in [5, 5.41) is 15.8. The first kappa shape index (κ1) is 19.9. The first-order valence-corrected chi connectivity index (χ1v) is 10.4. The maximum Gasteiger partial charge on any atom is 0.346 e. The van der Waals surface area contributed by atoms with E-state index < -0.39 is 16.9 Å². The lowest BCUT2D eigenvalue weighted by atomic mass is 10.0. The Kier molecular flexibility index (Phi) is 5.93. The first-order valence-electron chi connectivity index (χ1n) is 9.11. The average Bonchev–Trinajstić information content (AvgIpc) is 2.88. The quantitative estimate of drug-likeness (QED) is 0.403. The van der Waals surface area contributed by atoms with Crippen molar-refractivity contribution in [3.8, 4) is 0 Å². The van der Waals surface area contributed by atoms with Crippen LogP contribution in [-0.2, 0) is 0 Å². The molecule has 3 rings (SSSR count). The van der Waals surface area contributed by atoms with Gasteiger partial charge >= 0.3 is 6.03 Å². The van der Waals surface area contributed by atoms with Crippen molar-refractivity contribution in [2.24, 2.45) is 0 Å². The van der Waals surface area contributed by atoms with Gasteiger partial charge in [-0.25, -0.2) is 4.79 Å². The zero-order chi connectivity index (χ0) is 19.6. The number of nitrogens with one attached hydrogen (secondary N) is 1. The number of benzene rings is 2. The van der Waals surface area contributed by atoms with Crippen LogP contribution in [0.5, 0.6) is 0 Å². The Hall–Kier alpha value is -1.83. The van der Waals surface area contributed by atoms with Gasteiger partial charge in [-0.15, -0.1) is 0 Å². The number of thiocarbonyl (C=S) groups is 1. The van der Waals surface area contributed by atoms with Gasteiger partial charge in [0, 0.05) is 11.9 Å². The van der Waals surface area contributed by atoms with Crippen molar-refractivity contribution in [2.45, 2.75) is 44.5 Å². The molecule has 144 valence electrons. The van der Waals surface area contributed by atoms with Gasteiger partial charge in [-0.2, -0.15) is 5.06 Å². The molecule has 5 nitrogen and oxygen atoms in total. The molecule has 1 aliphatic rings. The van der Waals surface area contributed by atoms with Gasteiger partial charge in [0.1, 0.15) is 9.69 Å². The highest BCUT2D eigenvalue weighted by Crippen LogP contribution is 2.41. The number of urea groups is 1. The smallest absolute Gasteiger partial charge is 0.346 e. The second-order valence-electron chi connectivity index (χ2n) is 7.20. The minimum atomic E-state index is -0.558. The van der Waals surface area contributed by atoms with Gasteiger partial charge in [-0.05, 0) is 31.7 Å². The summed E-state index contributed by atoms with van der Waals surface area (Å²) < 4.78 is 0.718. The third kappa shape index (κ3) is 3.90. The number of hydroxylamine groups is 2. The Bertz CT molecular complexity index is 851. The number of unbranched alkanes of at least 4 members (excludes halogenated alkanes) is 1. The van der Waals surface area contributed by atoms with E-state index in [9.17, 15) is 10.0 Å². The predicted molar refractivity (Wildman–Crippen MR) is 116 cm³/mol. The van der Waals surface area contributed by atoms with E-state index in [2.05, 4.69) is 17.1 Å². The van der Waals surface area contributed by atoms with Gasteiger partial charge in [0.15, 0.2) is 0 Å². The van der Waals surface area contributed by atoms with Gasteiger partial charge in [0.2, 0.25) is 0 Å². The molecule has 0 radical (unpaired) electrons. The first-order chi connectivity index (χ1) is 12.9. The number of rotatable bonds is 5. The molecule has 0 unspecified atom stereocenters. The zero-order valence-electron chi connectivity index (χ0n) is 15.8. The van der Waals surface area contributed by atoms with Crippen LogP contribution < -0.4 is 5.32 Å². The van der Waals surface area contributed by atoms with Crippen molar-refractivity contribution in [1.82, 2.24) is 9.96 Å². The maximum absolute atomic E-state index is 12.7. The second-order valence-corrected chi connectivity index (χ2v) is 8.91. The molecule has 27 heavy (non-hydrogen) atoms. The lowest BCUT2D eigenvalue weighted by molar-refractivity contribution is -0.0734. The maximum atomic E-state index is 12.7. The van der Waals surface area contributed by atoms with E-state index in [1.165, 1.54) is 11.8 Å². The highest BCUT2D eigenvalue weighted by atomic mass is 32.2. The standard InChI is InChI=1S/C20H25N3O2S2/c1-4-5-13-22-19(26)27-17(20(22,2)3)23(25)18(24)21-16-12-8-10-14-9-6-7-11-15(14)16/h6-12,17,25H,4-5,13H2,1-3H3,(H,21,24)/t17-/m0/s1. The van der Waals surface area contributed by atoms with E-state index in [-0.39, 0.29) is 0 Å². The van der Waals surface area contributed by atoms with Crippen LogP contribution in [0, 0.1) is 0 Å². The van der Waals surface area contributed by atoms with Crippen molar-refractivity contribution in [1.29, 1.82) is 0 Å². The van der Waals surface area contributed by atoms with Crippen molar-refractivity contribution in [3.63, 3.8) is 0 Å². The molecule has 1 aliphatic heterocycles. The van der Waals surface area contributed by atoms with E-state index in [1.54, 1.807) is 0 Å². The molecular formula is C20H25N3O2S2. The molecule has 1 saturated heterocycles. The number of hydrogen-bond acceptors (Lipinski definition) is 4. The summed E-state index contributed by atoms with van der Waals surface area (Å²) in [7, 11) is 0. The summed E-state index contributed by atoms with van der Waals surface area (Å²) >= 11 is 6.85. The fraction of sp³-hybridized carbons (Fsp3) is 0.400. The number of carbonyl (C=O) groups excluding carboxylic acids is 1. The fourth-order valence-electron chi connectivity index (χ4n) is 3.33. The molecule has 1 atom stereocenters. The van der Waals surface area contributed by atoms with Crippen LogP contribution in [0.4, 0.5) is 10.5 Å². The number of nitrogens with zero attached hydrogens (tertiary/aromatic N) is 2. The molecule has 0 bridgehead atoms. The Morgan fingerprint density at radius 1 is 1.30 bits per heavy atom. The molecule has 0 saturated carbocycles. The zero-order valence-corrected chi connectivity index (χ0v) is 17.4.